The summed E-state index contributed by atoms with van der Waals surface area (Å²) in [5.74, 6) is 2.37. The van der Waals surface area contributed by atoms with Gasteiger partial charge in [-0.3, -0.25) is 0 Å². The molecule has 1 aliphatic heterocycles. The normalized spacial score (nSPS) is 29.0. The van der Waals surface area contributed by atoms with Crippen LogP contribution in [0.5, 0.6) is 0 Å². The van der Waals surface area contributed by atoms with Crippen molar-refractivity contribution in [1.29, 1.82) is 0 Å². The number of likely N-dealkylation sites (N-methyl/N-ethyl adjacent to an activating group) is 1. The second kappa shape index (κ2) is 6.12. The molecule has 0 aromatic carbocycles. The maximum Gasteiger partial charge on any atom is 0.0702 e. The number of hydrogen-bond acceptors (Lipinski definition) is 3. The van der Waals surface area contributed by atoms with E-state index in [4.69, 9.17) is 4.74 Å². The maximum absolute atomic E-state index is 5.60. The molecule has 0 amide bonds. The molecule has 90 valence electrons. The standard InChI is InChI=1S/C12H25NOS/c1-9(2)11(8-15)7-13(4)12-5-6-14-10(12)3/h9-12,15H,5-8H2,1-4H3. The third kappa shape index (κ3) is 3.65. The molecule has 1 fully saturated rings. The van der Waals surface area contributed by atoms with Crippen LogP contribution in [-0.4, -0.2) is 43.0 Å². The van der Waals surface area contributed by atoms with Crippen molar-refractivity contribution in [2.45, 2.75) is 39.3 Å². The predicted molar refractivity (Wildman–Crippen MR) is 68.6 cm³/mol. The van der Waals surface area contributed by atoms with Gasteiger partial charge in [0.25, 0.3) is 0 Å². The summed E-state index contributed by atoms with van der Waals surface area (Å²) in [7, 11) is 2.22. The van der Waals surface area contributed by atoms with E-state index in [0.29, 0.717) is 24.0 Å². The lowest BCUT2D eigenvalue weighted by atomic mass is 9.96. The van der Waals surface area contributed by atoms with Crippen LogP contribution >= 0.6 is 12.6 Å². The van der Waals surface area contributed by atoms with Crippen LogP contribution in [0, 0.1) is 11.8 Å². The van der Waals surface area contributed by atoms with Gasteiger partial charge in [-0.1, -0.05) is 13.8 Å². The van der Waals surface area contributed by atoms with E-state index < -0.39 is 0 Å². The molecule has 1 aliphatic rings. The Labute approximate surface area is 99.8 Å². The molecule has 0 aromatic rings. The number of rotatable bonds is 5. The van der Waals surface area contributed by atoms with Gasteiger partial charge < -0.3 is 9.64 Å². The molecule has 3 atom stereocenters. The average Bonchev–Trinajstić information content (AvgIpc) is 2.60. The molecule has 3 unspecified atom stereocenters. The van der Waals surface area contributed by atoms with Crippen molar-refractivity contribution in [2.75, 3.05) is 26.0 Å². The van der Waals surface area contributed by atoms with Crippen molar-refractivity contribution in [2.24, 2.45) is 11.8 Å². The minimum absolute atomic E-state index is 0.391. The van der Waals surface area contributed by atoms with Crippen LogP contribution in [-0.2, 0) is 4.74 Å². The predicted octanol–water partition coefficient (Wildman–Crippen LogP) is 2.30. The topological polar surface area (TPSA) is 12.5 Å². The van der Waals surface area contributed by atoms with Crippen LogP contribution in [0.15, 0.2) is 0 Å². The Morgan fingerprint density at radius 1 is 1.47 bits per heavy atom. The molecule has 0 bridgehead atoms. The van der Waals surface area contributed by atoms with Crippen molar-refractivity contribution in [3.8, 4) is 0 Å². The summed E-state index contributed by atoms with van der Waals surface area (Å²) >= 11 is 4.44. The highest BCUT2D eigenvalue weighted by molar-refractivity contribution is 7.80. The number of ether oxygens (including phenoxy) is 1. The fourth-order valence-electron chi connectivity index (χ4n) is 2.28. The van der Waals surface area contributed by atoms with E-state index in [0.717, 1.165) is 18.9 Å². The van der Waals surface area contributed by atoms with Crippen LogP contribution in [0.1, 0.15) is 27.2 Å². The molecule has 3 heteroatoms. The molecule has 15 heavy (non-hydrogen) atoms. The van der Waals surface area contributed by atoms with Gasteiger partial charge in [0.15, 0.2) is 0 Å². The summed E-state index contributed by atoms with van der Waals surface area (Å²) in [6.45, 7) is 8.80. The van der Waals surface area contributed by atoms with E-state index in [-0.39, 0.29) is 0 Å². The largest absolute Gasteiger partial charge is 0.377 e. The number of thiol groups is 1. The molecule has 0 aliphatic carbocycles. The highest BCUT2D eigenvalue weighted by Crippen LogP contribution is 2.21. The quantitative estimate of drug-likeness (QED) is 0.729. The van der Waals surface area contributed by atoms with E-state index in [1.54, 1.807) is 0 Å². The van der Waals surface area contributed by atoms with Crippen LogP contribution < -0.4 is 0 Å². The zero-order valence-electron chi connectivity index (χ0n) is 10.4. The molecule has 0 aromatic heterocycles. The van der Waals surface area contributed by atoms with Gasteiger partial charge in [0, 0.05) is 19.2 Å². The third-order valence-electron chi connectivity index (χ3n) is 3.60. The lowest BCUT2D eigenvalue weighted by molar-refractivity contribution is 0.0766. The average molecular weight is 231 g/mol. The highest BCUT2D eigenvalue weighted by atomic mass is 32.1. The Balaban J connectivity index is 2.42. The second-order valence-corrected chi connectivity index (χ2v) is 5.42. The zero-order valence-corrected chi connectivity index (χ0v) is 11.3. The van der Waals surface area contributed by atoms with Crippen molar-refractivity contribution in [1.82, 2.24) is 4.90 Å². The second-order valence-electron chi connectivity index (χ2n) is 5.06. The lowest BCUT2D eigenvalue weighted by Gasteiger charge is -2.31. The van der Waals surface area contributed by atoms with Crippen LogP contribution in [0.25, 0.3) is 0 Å². The van der Waals surface area contributed by atoms with Gasteiger partial charge in [-0.05, 0) is 38.0 Å². The van der Waals surface area contributed by atoms with Crippen LogP contribution in [0.2, 0.25) is 0 Å². The molecule has 1 saturated heterocycles. The fraction of sp³-hybridized carbons (Fsp3) is 1.00. The molecule has 2 nitrogen and oxygen atoms in total. The van der Waals surface area contributed by atoms with Gasteiger partial charge in [-0.25, -0.2) is 0 Å². The summed E-state index contributed by atoms with van der Waals surface area (Å²) < 4.78 is 5.60. The fourth-order valence-corrected chi connectivity index (χ4v) is 2.82. The minimum atomic E-state index is 0.391. The third-order valence-corrected chi connectivity index (χ3v) is 4.07. The Morgan fingerprint density at radius 3 is 2.53 bits per heavy atom. The van der Waals surface area contributed by atoms with Crippen LogP contribution in [0.3, 0.4) is 0 Å². The summed E-state index contributed by atoms with van der Waals surface area (Å²) in [5, 5.41) is 0. The molecular weight excluding hydrogens is 206 g/mol. The Hall–Kier alpha value is 0.270. The van der Waals surface area contributed by atoms with Gasteiger partial charge in [0.2, 0.25) is 0 Å². The van der Waals surface area contributed by atoms with Gasteiger partial charge in [-0.2, -0.15) is 12.6 Å². The first-order chi connectivity index (χ1) is 7.06. The molecule has 1 heterocycles. The maximum atomic E-state index is 5.60. The van der Waals surface area contributed by atoms with Crippen molar-refractivity contribution in [3.05, 3.63) is 0 Å². The monoisotopic (exact) mass is 231 g/mol. The number of nitrogens with zero attached hydrogens (tertiary/aromatic N) is 1. The first-order valence-corrected chi connectivity index (χ1v) is 6.62. The van der Waals surface area contributed by atoms with Crippen molar-refractivity contribution >= 4 is 12.6 Å². The molecule has 0 spiro atoms. The van der Waals surface area contributed by atoms with E-state index in [9.17, 15) is 0 Å². The van der Waals surface area contributed by atoms with E-state index >= 15 is 0 Å². The van der Waals surface area contributed by atoms with Gasteiger partial charge in [-0.15, -0.1) is 0 Å². The summed E-state index contributed by atoms with van der Waals surface area (Å²) in [6, 6.07) is 0.603. The van der Waals surface area contributed by atoms with Crippen molar-refractivity contribution in [3.63, 3.8) is 0 Å². The molecule has 0 saturated carbocycles. The molecule has 0 N–H and O–H groups in total. The highest BCUT2D eigenvalue weighted by Gasteiger charge is 2.29. The molecular formula is C12H25NOS. The number of hydrogen-bond donors (Lipinski definition) is 1. The van der Waals surface area contributed by atoms with E-state index in [2.05, 4.69) is 45.3 Å². The minimum Gasteiger partial charge on any atom is -0.377 e. The first kappa shape index (κ1) is 13.3. The SMILES string of the molecule is CC(C)C(CS)CN(C)C1CCOC1C. The lowest BCUT2D eigenvalue weighted by Crippen LogP contribution is -2.41. The van der Waals surface area contributed by atoms with Gasteiger partial charge in [0.1, 0.15) is 0 Å². The Bertz CT molecular complexity index is 186. The smallest absolute Gasteiger partial charge is 0.0702 e. The van der Waals surface area contributed by atoms with Crippen LogP contribution in [0.4, 0.5) is 0 Å². The first-order valence-electron chi connectivity index (χ1n) is 5.99. The Morgan fingerprint density at radius 2 is 2.13 bits per heavy atom. The van der Waals surface area contributed by atoms with Gasteiger partial charge in [0.05, 0.1) is 6.10 Å². The Kier molecular flexibility index (Phi) is 5.44. The summed E-state index contributed by atoms with van der Waals surface area (Å²) in [4.78, 5) is 2.46. The molecule has 0 radical (unpaired) electrons. The molecule has 1 rings (SSSR count). The summed E-state index contributed by atoms with van der Waals surface area (Å²) in [5.41, 5.74) is 0. The van der Waals surface area contributed by atoms with E-state index in [1.165, 1.54) is 6.42 Å². The zero-order chi connectivity index (χ0) is 11.4. The summed E-state index contributed by atoms with van der Waals surface area (Å²) in [6.07, 6.45) is 1.57. The van der Waals surface area contributed by atoms with Gasteiger partial charge >= 0.3 is 0 Å². The van der Waals surface area contributed by atoms with Crippen molar-refractivity contribution < 1.29 is 4.74 Å². The van der Waals surface area contributed by atoms with E-state index in [1.807, 2.05) is 0 Å².